The molecule has 0 spiro atoms. The van der Waals surface area contributed by atoms with Crippen LogP contribution in [0.2, 0.25) is 0 Å². The molecule has 0 radical (unpaired) electrons. The van der Waals surface area contributed by atoms with Gasteiger partial charge in [0.2, 0.25) is 0 Å². The zero-order valence-electron chi connectivity index (χ0n) is 9.98. The number of aryl methyl sites for hydroxylation is 1. The number of para-hydroxylation sites is 1. The minimum absolute atomic E-state index is 0.666. The molecule has 0 amide bonds. The molecule has 3 N–H and O–H groups in total. The van der Waals surface area contributed by atoms with Gasteiger partial charge in [-0.1, -0.05) is 31.5 Å². The van der Waals surface area contributed by atoms with Crippen molar-refractivity contribution in [3.63, 3.8) is 0 Å². The lowest BCUT2D eigenvalue weighted by Crippen LogP contribution is -1.99. The number of benzene rings is 1. The number of nitrogens with zero attached hydrogens (tertiary/aromatic N) is 1. The summed E-state index contributed by atoms with van der Waals surface area (Å²) in [7, 11) is 0. The number of hydrogen-bond donors (Lipinski definition) is 2. The molecule has 0 saturated heterocycles. The second-order valence-electron chi connectivity index (χ2n) is 4.00. The fourth-order valence-corrected chi connectivity index (χ4v) is 1.80. The molecule has 1 aromatic carbocycles. The highest BCUT2D eigenvalue weighted by atomic mass is 14.9. The standard InChI is InChI=1S/C14H17N3/c1-2-5-11-6-3-4-7-13(11)17-14-8-9-16-10-12(14)15/h3-4,6-10H,2,5,15H2,1H3,(H,16,17). The van der Waals surface area contributed by atoms with E-state index >= 15 is 0 Å². The minimum Gasteiger partial charge on any atom is -0.396 e. The number of pyridine rings is 1. The fourth-order valence-electron chi connectivity index (χ4n) is 1.80. The lowest BCUT2D eigenvalue weighted by Gasteiger charge is -2.12. The SMILES string of the molecule is CCCc1ccccc1Nc1ccncc1N. The first-order chi connectivity index (χ1) is 8.31. The van der Waals surface area contributed by atoms with Gasteiger partial charge in [0.1, 0.15) is 0 Å². The van der Waals surface area contributed by atoms with Gasteiger partial charge in [0, 0.05) is 11.9 Å². The number of nitrogens with two attached hydrogens (primary N) is 1. The van der Waals surface area contributed by atoms with E-state index in [1.807, 2.05) is 12.1 Å². The maximum absolute atomic E-state index is 5.87. The highest BCUT2D eigenvalue weighted by molar-refractivity contribution is 5.72. The van der Waals surface area contributed by atoms with E-state index in [0.29, 0.717) is 5.69 Å². The zero-order valence-corrected chi connectivity index (χ0v) is 9.98. The molecule has 2 rings (SSSR count). The highest BCUT2D eigenvalue weighted by Gasteiger charge is 2.03. The number of nitrogens with one attached hydrogen (secondary N) is 1. The van der Waals surface area contributed by atoms with Crippen LogP contribution in [-0.4, -0.2) is 4.98 Å². The predicted octanol–water partition coefficient (Wildman–Crippen LogP) is 3.36. The van der Waals surface area contributed by atoms with Crippen LogP contribution in [0.15, 0.2) is 42.7 Å². The summed E-state index contributed by atoms with van der Waals surface area (Å²) in [4.78, 5) is 3.98. The maximum Gasteiger partial charge on any atom is 0.0739 e. The molecule has 0 saturated carbocycles. The van der Waals surface area contributed by atoms with E-state index in [1.165, 1.54) is 5.56 Å². The molecular formula is C14H17N3. The van der Waals surface area contributed by atoms with E-state index < -0.39 is 0 Å². The van der Waals surface area contributed by atoms with Crippen molar-refractivity contribution in [2.24, 2.45) is 0 Å². The van der Waals surface area contributed by atoms with E-state index in [2.05, 4.69) is 35.4 Å². The number of aromatic nitrogens is 1. The summed E-state index contributed by atoms with van der Waals surface area (Å²) in [6.07, 6.45) is 5.59. The number of rotatable bonds is 4. The minimum atomic E-state index is 0.666. The van der Waals surface area contributed by atoms with Crippen molar-refractivity contribution >= 4 is 17.1 Å². The Morgan fingerprint density at radius 1 is 1.18 bits per heavy atom. The fraction of sp³-hybridized carbons (Fsp3) is 0.214. The van der Waals surface area contributed by atoms with Crippen LogP contribution in [0.1, 0.15) is 18.9 Å². The van der Waals surface area contributed by atoms with Gasteiger partial charge in [0.15, 0.2) is 0 Å². The molecule has 0 aliphatic carbocycles. The van der Waals surface area contributed by atoms with Crippen molar-refractivity contribution in [1.29, 1.82) is 0 Å². The lowest BCUT2D eigenvalue weighted by molar-refractivity contribution is 0.923. The summed E-state index contributed by atoms with van der Waals surface area (Å²) in [6.45, 7) is 2.18. The van der Waals surface area contributed by atoms with Gasteiger partial charge in [-0.15, -0.1) is 0 Å². The first-order valence-electron chi connectivity index (χ1n) is 5.85. The van der Waals surface area contributed by atoms with Gasteiger partial charge in [0.05, 0.1) is 17.6 Å². The Hall–Kier alpha value is -2.03. The van der Waals surface area contributed by atoms with Crippen molar-refractivity contribution in [3.05, 3.63) is 48.3 Å². The first kappa shape index (κ1) is 11.5. The third-order valence-corrected chi connectivity index (χ3v) is 2.66. The Balaban J connectivity index is 2.27. The summed E-state index contributed by atoms with van der Waals surface area (Å²) in [5.41, 5.74) is 9.87. The number of hydrogen-bond acceptors (Lipinski definition) is 3. The van der Waals surface area contributed by atoms with E-state index in [1.54, 1.807) is 12.4 Å². The Kier molecular flexibility index (Phi) is 3.60. The summed E-state index contributed by atoms with van der Waals surface area (Å²) in [6, 6.07) is 10.2. The van der Waals surface area contributed by atoms with Crippen LogP contribution in [0.4, 0.5) is 17.1 Å². The largest absolute Gasteiger partial charge is 0.396 e. The monoisotopic (exact) mass is 227 g/mol. The van der Waals surface area contributed by atoms with E-state index in [9.17, 15) is 0 Å². The van der Waals surface area contributed by atoms with Crippen molar-refractivity contribution in [2.45, 2.75) is 19.8 Å². The Morgan fingerprint density at radius 3 is 2.76 bits per heavy atom. The molecule has 0 bridgehead atoms. The van der Waals surface area contributed by atoms with Crippen LogP contribution >= 0.6 is 0 Å². The van der Waals surface area contributed by atoms with Crippen LogP contribution in [-0.2, 0) is 6.42 Å². The average Bonchev–Trinajstić information content (AvgIpc) is 2.35. The van der Waals surface area contributed by atoms with Crippen LogP contribution in [0.25, 0.3) is 0 Å². The van der Waals surface area contributed by atoms with Crippen LogP contribution in [0.3, 0.4) is 0 Å². The molecule has 0 aliphatic rings. The smallest absolute Gasteiger partial charge is 0.0739 e. The van der Waals surface area contributed by atoms with Gasteiger partial charge in [-0.05, 0) is 24.1 Å². The average molecular weight is 227 g/mol. The van der Waals surface area contributed by atoms with Crippen LogP contribution in [0, 0.1) is 0 Å². The molecule has 3 nitrogen and oxygen atoms in total. The summed E-state index contributed by atoms with van der Waals surface area (Å²) in [5, 5.41) is 3.36. The highest BCUT2D eigenvalue weighted by Crippen LogP contribution is 2.25. The van der Waals surface area contributed by atoms with Crippen LogP contribution < -0.4 is 11.1 Å². The molecule has 0 unspecified atom stereocenters. The quantitative estimate of drug-likeness (QED) is 0.842. The van der Waals surface area contributed by atoms with Gasteiger partial charge >= 0.3 is 0 Å². The molecule has 1 aromatic heterocycles. The topological polar surface area (TPSA) is 50.9 Å². The van der Waals surface area contributed by atoms with Gasteiger partial charge in [-0.3, -0.25) is 4.98 Å². The second kappa shape index (κ2) is 5.34. The number of nitrogen functional groups attached to an aromatic ring is 1. The maximum atomic E-state index is 5.87. The summed E-state index contributed by atoms with van der Waals surface area (Å²) in [5.74, 6) is 0. The van der Waals surface area contributed by atoms with Crippen LogP contribution in [0.5, 0.6) is 0 Å². The first-order valence-corrected chi connectivity index (χ1v) is 5.85. The van der Waals surface area contributed by atoms with Crippen molar-refractivity contribution in [1.82, 2.24) is 4.98 Å². The Morgan fingerprint density at radius 2 is 2.00 bits per heavy atom. The molecule has 1 heterocycles. The molecule has 88 valence electrons. The molecule has 2 aromatic rings. The Labute approximate surface area is 102 Å². The van der Waals surface area contributed by atoms with Gasteiger partial charge in [-0.25, -0.2) is 0 Å². The predicted molar refractivity (Wildman–Crippen MR) is 72.4 cm³/mol. The third-order valence-electron chi connectivity index (χ3n) is 2.66. The van der Waals surface area contributed by atoms with E-state index in [0.717, 1.165) is 24.2 Å². The summed E-state index contributed by atoms with van der Waals surface area (Å²) >= 11 is 0. The molecule has 17 heavy (non-hydrogen) atoms. The molecule has 0 atom stereocenters. The van der Waals surface area contributed by atoms with Gasteiger partial charge < -0.3 is 11.1 Å². The van der Waals surface area contributed by atoms with Crippen molar-refractivity contribution in [3.8, 4) is 0 Å². The molecule has 0 aliphatic heterocycles. The second-order valence-corrected chi connectivity index (χ2v) is 4.00. The molecule has 3 heteroatoms. The number of anilines is 3. The molecule has 0 fully saturated rings. The Bertz CT molecular complexity index is 494. The zero-order chi connectivity index (χ0) is 12.1. The summed E-state index contributed by atoms with van der Waals surface area (Å²) < 4.78 is 0. The van der Waals surface area contributed by atoms with Crippen molar-refractivity contribution < 1.29 is 0 Å². The van der Waals surface area contributed by atoms with Gasteiger partial charge in [0.25, 0.3) is 0 Å². The van der Waals surface area contributed by atoms with E-state index in [4.69, 9.17) is 5.73 Å². The molecular weight excluding hydrogens is 210 g/mol. The van der Waals surface area contributed by atoms with E-state index in [-0.39, 0.29) is 0 Å². The third kappa shape index (κ3) is 2.75. The van der Waals surface area contributed by atoms with Gasteiger partial charge in [-0.2, -0.15) is 0 Å². The van der Waals surface area contributed by atoms with Crippen molar-refractivity contribution in [2.75, 3.05) is 11.1 Å². The normalized spacial score (nSPS) is 10.2. The lowest BCUT2D eigenvalue weighted by atomic mass is 10.1.